The van der Waals surface area contributed by atoms with E-state index in [1.807, 2.05) is 12.1 Å². The molecule has 0 aliphatic heterocycles. The number of nitrogens with one attached hydrogen (secondary N) is 2. The number of hydrogen-bond donors (Lipinski definition) is 2. The number of rotatable bonds is 0. The van der Waals surface area contributed by atoms with Gasteiger partial charge in [0.05, 0.1) is 11.0 Å². The molecular formula is C16H12N2O. The number of H-pyrrole nitrogens is 2. The molecule has 0 fully saturated rings. The smallest absolute Gasteiger partial charge is 0.248 e. The predicted molar refractivity (Wildman–Crippen MR) is 78.7 cm³/mol. The Hall–Kier alpha value is -2.55. The average Bonchev–Trinajstić information content (AvgIpc) is 2.76. The van der Waals surface area contributed by atoms with E-state index >= 15 is 0 Å². The zero-order valence-corrected chi connectivity index (χ0v) is 10.4. The Balaban J connectivity index is 2.30. The Morgan fingerprint density at radius 2 is 1.63 bits per heavy atom. The lowest BCUT2D eigenvalue weighted by molar-refractivity contribution is 1.31. The fourth-order valence-corrected chi connectivity index (χ4v) is 2.71. The van der Waals surface area contributed by atoms with Crippen molar-refractivity contribution in [3.05, 3.63) is 58.4 Å². The number of pyridine rings is 1. The maximum absolute atomic E-state index is 11.5. The van der Waals surface area contributed by atoms with Crippen LogP contribution in [0.1, 0.15) is 5.56 Å². The molecule has 0 aliphatic carbocycles. The maximum atomic E-state index is 11.5. The van der Waals surface area contributed by atoms with Gasteiger partial charge in [0.25, 0.3) is 0 Å². The van der Waals surface area contributed by atoms with Crippen molar-refractivity contribution in [2.75, 3.05) is 0 Å². The molecule has 19 heavy (non-hydrogen) atoms. The van der Waals surface area contributed by atoms with E-state index in [2.05, 4.69) is 41.2 Å². The molecule has 4 rings (SSSR count). The molecule has 3 nitrogen and oxygen atoms in total. The molecule has 4 aromatic rings. The molecule has 2 heterocycles. The lowest BCUT2D eigenvalue weighted by atomic mass is 10.1. The van der Waals surface area contributed by atoms with Crippen molar-refractivity contribution in [2.45, 2.75) is 6.92 Å². The van der Waals surface area contributed by atoms with Crippen LogP contribution in [0.2, 0.25) is 0 Å². The van der Waals surface area contributed by atoms with E-state index in [0.29, 0.717) is 0 Å². The zero-order chi connectivity index (χ0) is 13.0. The van der Waals surface area contributed by atoms with Gasteiger partial charge in [-0.05, 0) is 24.6 Å². The fraction of sp³-hybridized carbons (Fsp3) is 0.0625. The number of aromatic nitrogens is 2. The highest BCUT2D eigenvalue weighted by molar-refractivity contribution is 6.15. The molecule has 0 unspecified atom stereocenters. The first-order valence-corrected chi connectivity index (χ1v) is 6.26. The summed E-state index contributed by atoms with van der Waals surface area (Å²) in [5.41, 5.74) is 4.12. The summed E-state index contributed by atoms with van der Waals surface area (Å²) in [6, 6.07) is 13.9. The first-order chi connectivity index (χ1) is 9.22. The summed E-state index contributed by atoms with van der Waals surface area (Å²) < 4.78 is 0. The van der Waals surface area contributed by atoms with E-state index in [1.165, 1.54) is 10.9 Å². The van der Waals surface area contributed by atoms with Crippen LogP contribution in [0.25, 0.3) is 32.7 Å². The minimum atomic E-state index is -0.0742. The van der Waals surface area contributed by atoms with E-state index in [9.17, 15) is 4.79 Å². The third-order valence-electron chi connectivity index (χ3n) is 3.62. The van der Waals surface area contributed by atoms with Gasteiger partial charge >= 0.3 is 0 Å². The zero-order valence-electron chi connectivity index (χ0n) is 10.4. The minimum absolute atomic E-state index is 0.0742. The largest absolute Gasteiger partial charge is 0.353 e. The standard InChI is InChI=1S/C16H12N2O/c1-9-2-5-11-12-6-3-10-4-7-14(19)18-15(10)16(12)17-13(11)8-9/h2-8,17H,1H3,(H,18,19). The average molecular weight is 248 g/mol. The molecule has 2 N–H and O–H groups in total. The number of fused-ring (bicyclic) bond motifs is 5. The van der Waals surface area contributed by atoms with E-state index < -0.39 is 0 Å². The SMILES string of the molecule is Cc1ccc2c(c1)[nH]c1c2ccc2ccc(=O)[nH]c21. The summed E-state index contributed by atoms with van der Waals surface area (Å²) in [5, 5.41) is 3.37. The summed E-state index contributed by atoms with van der Waals surface area (Å²) in [7, 11) is 0. The Labute approximate surface area is 108 Å². The molecular weight excluding hydrogens is 236 g/mol. The summed E-state index contributed by atoms with van der Waals surface area (Å²) in [4.78, 5) is 17.9. The second-order valence-corrected chi connectivity index (χ2v) is 4.95. The molecule has 3 heteroatoms. The van der Waals surface area contributed by atoms with Gasteiger partial charge in [-0.3, -0.25) is 4.79 Å². The van der Waals surface area contributed by atoms with Crippen LogP contribution in [0.4, 0.5) is 0 Å². The second kappa shape index (κ2) is 3.48. The normalized spacial score (nSPS) is 11.6. The molecule has 2 aromatic heterocycles. The first-order valence-electron chi connectivity index (χ1n) is 6.26. The van der Waals surface area contributed by atoms with Crippen molar-refractivity contribution in [2.24, 2.45) is 0 Å². The van der Waals surface area contributed by atoms with Crippen molar-refractivity contribution >= 4 is 32.7 Å². The molecule has 0 radical (unpaired) electrons. The Morgan fingerprint density at radius 3 is 2.53 bits per heavy atom. The maximum Gasteiger partial charge on any atom is 0.248 e. The van der Waals surface area contributed by atoms with Gasteiger partial charge in [0.1, 0.15) is 0 Å². The van der Waals surface area contributed by atoms with E-state index in [4.69, 9.17) is 0 Å². The van der Waals surface area contributed by atoms with Crippen LogP contribution < -0.4 is 5.56 Å². The van der Waals surface area contributed by atoms with Crippen LogP contribution >= 0.6 is 0 Å². The summed E-state index contributed by atoms with van der Waals surface area (Å²) in [6.07, 6.45) is 0. The molecule has 0 saturated heterocycles. The third-order valence-corrected chi connectivity index (χ3v) is 3.62. The lowest BCUT2D eigenvalue weighted by Crippen LogP contribution is -2.02. The molecule has 0 amide bonds. The summed E-state index contributed by atoms with van der Waals surface area (Å²) >= 11 is 0. The van der Waals surface area contributed by atoms with Gasteiger partial charge in [-0.15, -0.1) is 0 Å². The van der Waals surface area contributed by atoms with Crippen LogP contribution in [0, 0.1) is 6.92 Å². The predicted octanol–water partition coefficient (Wildman–Crippen LogP) is 3.47. The molecule has 0 bridgehead atoms. The van der Waals surface area contributed by atoms with E-state index in [0.717, 1.165) is 27.3 Å². The van der Waals surface area contributed by atoms with E-state index in [1.54, 1.807) is 6.07 Å². The van der Waals surface area contributed by atoms with E-state index in [-0.39, 0.29) is 5.56 Å². The minimum Gasteiger partial charge on any atom is -0.353 e. The van der Waals surface area contributed by atoms with Gasteiger partial charge in [0.2, 0.25) is 5.56 Å². The van der Waals surface area contributed by atoms with Gasteiger partial charge in [0.15, 0.2) is 0 Å². The molecule has 0 spiro atoms. The summed E-state index contributed by atoms with van der Waals surface area (Å²) in [5.74, 6) is 0. The highest BCUT2D eigenvalue weighted by Crippen LogP contribution is 2.29. The number of aryl methyl sites for hydroxylation is 1. The monoisotopic (exact) mass is 248 g/mol. The molecule has 92 valence electrons. The molecule has 0 atom stereocenters. The molecule has 0 aliphatic rings. The van der Waals surface area contributed by atoms with Crippen molar-refractivity contribution in [1.82, 2.24) is 9.97 Å². The number of aromatic amines is 2. The Morgan fingerprint density at radius 1 is 0.842 bits per heavy atom. The van der Waals surface area contributed by atoms with Gasteiger partial charge in [0, 0.05) is 27.7 Å². The highest BCUT2D eigenvalue weighted by Gasteiger charge is 2.08. The highest BCUT2D eigenvalue weighted by atomic mass is 16.1. The Bertz CT molecular complexity index is 992. The number of hydrogen-bond acceptors (Lipinski definition) is 1. The van der Waals surface area contributed by atoms with Crippen molar-refractivity contribution in [3.8, 4) is 0 Å². The van der Waals surface area contributed by atoms with Crippen LogP contribution in [0.5, 0.6) is 0 Å². The fourth-order valence-electron chi connectivity index (χ4n) is 2.71. The third kappa shape index (κ3) is 1.41. The van der Waals surface area contributed by atoms with Crippen molar-refractivity contribution < 1.29 is 0 Å². The summed E-state index contributed by atoms with van der Waals surface area (Å²) in [6.45, 7) is 2.07. The van der Waals surface area contributed by atoms with Gasteiger partial charge < -0.3 is 9.97 Å². The van der Waals surface area contributed by atoms with Crippen LogP contribution in [0.3, 0.4) is 0 Å². The topological polar surface area (TPSA) is 48.6 Å². The van der Waals surface area contributed by atoms with Crippen LogP contribution in [0.15, 0.2) is 47.3 Å². The first kappa shape index (κ1) is 10.4. The van der Waals surface area contributed by atoms with Gasteiger partial charge in [-0.1, -0.05) is 24.3 Å². The Kier molecular flexibility index (Phi) is 1.90. The lowest BCUT2D eigenvalue weighted by Gasteiger charge is -1.98. The van der Waals surface area contributed by atoms with Crippen molar-refractivity contribution in [3.63, 3.8) is 0 Å². The van der Waals surface area contributed by atoms with Crippen molar-refractivity contribution in [1.29, 1.82) is 0 Å². The molecule has 0 saturated carbocycles. The second-order valence-electron chi connectivity index (χ2n) is 4.95. The quantitative estimate of drug-likeness (QED) is 0.492. The number of benzene rings is 2. The molecule has 2 aromatic carbocycles. The van der Waals surface area contributed by atoms with Gasteiger partial charge in [-0.2, -0.15) is 0 Å². The van der Waals surface area contributed by atoms with Crippen LogP contribution in [-0.2, 0) is 0 Å². The van der Waals surface area contributed by atoms with Gasteiger partial charge in [-0.25, -0.2) is 0 Å². The van der Waals surface area contributed by atoms with Crippen LogP contribution in [-0.4, -0.2) is 9.97 Å².